The summed E-state index contributed by atoms with van der Waals surface area (Å²) in [5, 5.41) is 12.7. The Morgan fingerprint density at radius 2 is 1.82 bits per heavy atom. The van der Waals surface area contributed by atoms with Gasteiger partial charge in [0, 0.05) is 53.9 Å². The van der Waals surface area contributed by atoms with Crippen LogP contribution in [0.5, 0.6) is 0 Å². The van der Waals surface area contributed by atoms with Gasteiger partial charge in [-0.15, -0.1) is 10.2 Å². The first-order chi connectivity index (χ1) is 18.5. The lowest BCUT2D eigenvalue weighted by molar-refractivity contribution is -0.144. The third-order valence-electron chi connectivity index (χ3n) is 6.73. The molecule has 2 aromatic carbocycles. The molecule has 0 saturated carbocycles. The fourth-order valence-corrected chi connectivity index (χ4v) is 4.72. The Hall–Kier alpha value is -5.12. The van der Waals surface area contributed by atoms with Crippen LogP contribution < -0.4 is 11.1 Å². The van der Waals surface area contributed by atoms with Crippen LogP contribution in [-0.2, 0) is 22.7 Å². The average Bonchev–Trinajstić information content (AvgIpc) is 3.36. The number of anilines is 2. The Kier molecular flexibility index (Phi) is 5.76. The molecule has 38 heavy (non-hydrogen) atoms. The number of nitrogens with zero attached hydrogens (tertiary/aromatic N) is 6. The summed E-state index contributed by atoms with van der Waals surface area (Å²) < 4.78 is 1.98. The molecule has 5 aromatic rings. The van der Waals surface area contributed by atoms with E-state index in [1.165, 1.54) is 4.90 Å². The molecule has 2 amide bonds. The number of amides is 2. The molecule has 0 bridgehead atoms. The molecule has 0 saturated heterocycles. The van der Waals surface area contributed by atoms with Crippen molar-refractivity contribution < 1.29 is 9.59 Å². The minimum Gasteiger partial charge on any atom is -0.398 e. The number of carbonyl (C=O) groups excluding carboxylic acids is 2. The van der Waals surface area contributed by atoms with Gasteiger partial charge in [0.15, 0.2) is 11.6 Å². The van der Waals surface area contributed by atoms with E-state index >= 15 is 0 Å². The number of pyridine rings is 2. The van der Waals surface area contributed by atoms with Crippen molar-refractivity contribution in [2.45, 2.75) is 20.0 Å². The van der Waals surface area contributed by atoms with E-state index in [9.17, 15) is 9.59 Å². The fraction of sp³-hybridized carbons (Fsp3) is 0.143. The van der Waals surface area contributed by atoms with Crippen molar-refractivity contribution in [3.63, 3.8) is 0 Å². The van der Waals surface area contributed by atoms with Gasteiger partial charge in [-0.2, -0.15) is 0 Å². The van der Waals surface area contributed by atoms with E-state index in [2.05, 4.69) is 25.5 Å². The molecule has 4 heterocycles. The second kappa shape index (κ2) is 9.40. The van der Waals surface area contributed by atoms with Gasteiger partial charge < -0.3 is 20.5 Å². The smallest absolute Gasteiger partial charge is 0.315 e. The van der Waals surface area contributed by atoms with Crippen LogP contribution in [0.1, 0.15) is 11.4 Å². The molecule has 10 nitrogen and oxygen atoms in total. The van der Waals surface area contributed by atoms with Gasteiger partial charge in [0.25, 0.3) is 0 Å². The molecule has 188 valence electrons. The van der Waals surface area contributed by atoms with Gasteiger partial charge in [-0.3, -0.25) is 14.6 Å². The molecule has 1 aliphatic rings. The number of aromatic nitrogens is 5. The van der Waals surface area contributed by atoms with Crippen LogP contribution in [0.15, 0.2) is 73.2 Å². The predicted molar refractivity (Wildman–Crippen MR) is 144 cm³/mol. The first kappa shape index (κ1) is 23.3. The van der Waals surface area contributed by atoms with Gasteiger partial charge in [-0.05, 0) is 47.7 Å². The lowest BCUT2D eigenvalue weighted by Crippen LogP contribution is -2.44. The molecule has 0 aliphatic carbocycles. The quantitative estimate of drug-likeness (QED) is 0.284. The number of carbonyl (C=O) groups is 2. The van der Waals surface area contributed by atoms with Gasteiger partial charge in [0.05, 0.1) is 6.54 Å². The second-order valence-corrected chi connectivity index (χ2v) is 9.19. The lowest BCUT2D eigenvalue weighted by atomic mass is 9.99. The van der Waals surface area contributed by atoms with E-state index in [1.54, 1.807) is 24.7 Å². The number of rotatable bonds is 3. The molecule has 6 rings (SSSR count). The normalized spacial score (nSPS) is 12.8. The zero-order valence-electron chi connectivity index (χ0n) is 20.6. The summed E-state index contributed by atoms with van der Waals surface area (Å²) >= 11 is 0. The van der Waals surface area contributed by atoms with E-state index in [1.807, 2.05) is 60.0 Å². The highest BCUT2D eigenvalue weighted by Crippen LogP contribution is 2.31. The third kappa shape index (κ3) is 4.21. The number of hydrogen-bond donors (Lipinski definition) is 2. The second-order valence-electron chi connectivity index (χ2n) is 9.19. The van der Waals surface area contributed by atoms with Crippen LogP contribution in [-0.4, -0.2) is 48.0 Å². The first-order valence-corrected chi connectivity index (χ1v) is 12.2. The largest absolute Gasteiger partial charge is 0.398 e. The van der Waals surface area contributed by atoms with Crippen LogP contribution in [0.25, 0.3) is 33.3 Å². The Morgan fingerprint density at radius 1 is 0.974 bits per heavy atom. The number of benzene rings is 2. The summed E-state index contributed by atoms with van der Waals surface area (Å²) in [6.07, 6.45) is 5.13. The van der Waals surface area contributed by atoms with Gasteiger partial charge >= 0.3 is 11.8 Å². The molecular formula is C28H24N8O2. The summed E-state index contributed by atoms with van der Waals surface area (Å²) in [6, 6.07) is 17.3. The minimum atomic E-state index is -0.764. The maximum atomic E-state index is 13.0. The number of fused-ring (bicyclic) bond motifs is 2. The van der Waals surface area contributed by atoms with E-state index in [0.29, 0.717) is 24.6 Å². The Bertz CT molecular complexity index is 1700. The predicted octanol–water partition coefficient (Wildman–Crippen LogP) is 3.43. The van der Waals surface area contributed by atoms with Crippen molar-refractivity contribution >= 4 is 34.1 Å². The molecule has 0 unspecified atom stereocenters. The zero-order valence-corrected chi connectivity index (χ0v) is 20.6. The molecule has 3 N–H and O–H groups in total. The van der Waals surface area contributed by atoms with Gasteiger partial charge in [0.1, 0.15) is 5.82 Å². The van der Waals surface area contributed by atoms with E-state index in [0.717, 1.165) is 38.9 Å². The molecule has 3 aromatic heterocycles. The lowest BCUT2D eigenvalue weighted by Gasteiger charge is -2.27. The molecule has 0 radical (unpaired) electrons. The van der Waals surface area contributed by atoms with E-state index in [-0.39, 0.29) is 12.4 Å². The number of hydrogen-bond acceptors (Lipinski definition) is 7. The Balaban J connectivity index is 1.20. The topological polar surface area (TPSA) is 132 Å². The van der Waals surface area contributed by atoms with Gasteiger partial charge in [-0.1, -0.05) is 30.3 Å². The first-order valence-electron chi connectivity index (χ1n) is 12.2. The van der Waals surface area contributed by atoms with Crippen molar-refractivity contribution in [3.05, 3.63) is 84.6 Å². The Morgan fingerprint density at radius 3 is 2.63 bits per heavy atom. The zero-order chi connectivity index (χ0) is 26.2. The maximum Gasteiger partial charge on any atom is 0.315 e. The molecule has 1 aliphatic heterocycles. The number of nitrogens with one attached hydrogen (secondary N) is 1. The van der Waals surface area contributed by atoms with Gasteiger partial charge in [0.2, 0.25) is 0 Å². The highest BCUT2D eigenvalue weighted by Gasteiger charge is 2.29. The summed E-state index contributed by atoms with van der Waals surface area (Å²) in [4.78, 5) is 35.8. The highest BCUT2D eigenvalue weighted by molar-refractivity contribution is 6.39. The standard InChI is InChI=1S/C28H24N8O2/c1-17-7-8-30-14-21(17)19-11-20-13-24(31-15-22(20)23(29)12-19)32-27(37)28(38)35-9-10-36-25(16-35)33-34-26(36)18-5-3-2-4-6-18/h2-8,11-15H,9-10,16,29H2,1H3,(H,31,32,37). The molecule has 0 fully saturated rings. The molecule has 10 heteroatoms. The summed E-state index contributed by atoms with van der Waals surface area (Å²) in [5.41, 5.74) is 10.8. The van der Waals surface area contributed by atoms with Gasteiger partial charge in [-0.25, -0.2) is 4.98 Å². The van der Waals surface area contributed by atoms with Crippen LogP contribution in [0.2, 0.25) is 0 Å². The van der Waals surface area contributed by atoms with Crippen molar-refractivity contribution in [1.82, 2.24) is 29.6 Å². The monoisotopic (exact) mass is 504 g/mol. The van der Waals surface area contributed by atoms with Crippen LogP contribution in [0, 0.1) is 6.92 Å². The number of aryl methyl sites for hydroxylation is 1. The van der Waals surface area contributed by atoms with E-state index in [4.69, 9.17) is 5.73 Å². The number of nitrogens with two attached hydrogens (primary N) is 1. The minimum absolute atomic E-state index is 0.196. The van der Waals surface area contributed by atoms with Crippen LogP contribution in [0.4, 0.5) is 11.5 Å². The van der Waals surface area contributed by atoms with E-state index < -0.39 is 11.8 Å². The summed E-state index contributed by atoms with van der Waals surface area (Å²) in [6.45, 7) is 3.07. The van der Waals surface area contributed by atoms with Crippen molar-refractivity contribution in [3.8, 4) is 22.5 Å². The molecule has 0 spiro atoms. The van der Waals surface area contributed by atoms with Crippen molar-refractivity contribution in [1.29, 1.82) is 0 Å². The van der Waals surface area contributed by atoms with Crippen LogP contribution in [0.3, 0.4) is 0 Å². The summed E-state index contributed by atoms with van der Waals surface area (Å²) in [7, 11) is 0. The summed E-state index contributed by atoms with van der Waals surface area (Å²) in [5.74, 6) is 0.232. The number of nitrogen functional groups attached to an aromatic ring is 1. The fourth-order valence-electron chi connectivity index (χ4n) is 4.72. The maximum absolute atomic E-state index is 13.0. The molecule has 0 atom stereocenters. The van der Waals surface area contributed by atoms with Crippen molar-refractivity contribution in [2.24, 2.45) is 0 Å². The van der Waals surface area contributed by atoms with Crippen molar-refractivity contribution in [2.75, 3.05) is 17.6 Å². The SMILES string of the molecule is Cc1ccncc1-c1cc(N)c2cnc(NC(=O)C(=O)N3CCn4c(nnc4-c4ccccc4)C3)cc2c1. The third-order valence-corrected chi connectivity index (χ3v) is 6.73. The average molecular weight is 505 g/mol. The highest BCUT2D eigenvalue weighted by atomic mass is 16.2. The Labute approximate surface area is 218 Å². The van der Waals surface area contributed by atoms with Crippen LogP contribution >= 0.6 is 0 Å². The molecular weight excluding hydrogens is 480 g/mol.